The number of carbonyl (C=O) groups is 2. The number of sulfone groups is 1. The zero-order valence-corrected chi connectivity index (χ0v) is 15.7. The van der Waals surface area contributed by atoms with Crippen LogP contribution in [0.15, 0.2) is 30.3 Å². The highest BCUT2D eigenvalue weighted by atomic mass is 32.2. The first-order valence-electron chi connectivity index (χ1n) is 8.61. The quantitative estimate of drug-likeness (QED) is 0.725. The lowest BCUT2D eigenvalue weighted by Crippen LogP contribution is -2.47. The summed E-state index contributed by atoms with van der Waals surface area (Å²) in [6, 6.07) is 9.52. The molecule has 25 heavy (non-hydrogen) atoms. The first-order valence-corrected chi connectivity index (χ1v) is 10.4. The summed E-state index contributed by atoms with van der Waals surface area (Å²) in [7, 11) is -3.05. The number of benzene rings is 1. The van der Waals surface area contributed by atoms with Crippen LogP contribution in [0.3, 0.4) is 0 Å². The molecule has 1 fully saturated rings. The van der Waals surface area contributed by atoms with Gasteiger partial charge in [0, 0.05) is 26.1 Å². The van der Waals surface area contributed by atoms with Crippen molar-refractivity contribution in [3.8, 4) is 0 Å². The molecule has 1 atom stereocenters. The van der Waals surface area contributed by atoms with Crippen molar-refractivity contribution in [3.05, 3.63) is 35.9 Å². The van der Waals surface area contributed by atoms with E-state index in [2.05, 4.69) is 0 Å². The standard InChI is InChI=1S/C18H26N2O4S/c1-3-20(17-10-12-25(23,24)14-17)18(22)13-19(15(2)21)11-9-16-7-5-4-6-8-16/h4-8,17H,3,9-14H2,1-2H3. The number of rotatable bonds is 7. The number of hydrogen-bond acceptors (Lipinski definition) is 4. The molecule has 138 valence electrons. The van der Waals surface area contributed by atoms with Gasteiger partial charge in [0.1, 0.15) is 0 Å². The molecule has 7 heteroatoms. The number of amides is 2. The molecule has 1 unspecified atom stereocenters. The second kappa shape index (κ2) is 8.47. The Hall–Kier alpha value is -1.89. The van der Waals surface area contributed by atoms with Gasteiger partial charge in [-0.1, -0.05) is 30.3 Å². The number of carbonyl (C=O) groups excluding carboxylic acids is 2. The van der Waals surface area contributed by atoms with Crippen LogP contribution in [-0.4, -0.2) is 67.2 Å². The van der Waals surface area contributed by atoms with E-state index in [4.69, 9.17) is 0 Å². The van der Waals surface area contributed by atoms with Gasteiger partial charge >= 0.3 is 0 Å². The van der Waals surface area contributed by atoms with Gasteiger partial charge in [-0.25, -0.2) is 8.42 Å². The molecular formula is C18H26N2O4S. The highest BCUT2D eigenvalue weighted by Gasteiger charge is 2.34. The Morgan fingerprint density at radius 1 is 1.20 bits per heavy atom. The fourth-order valence-corrected chi connectivity index (χ4v) is 4.90. The highest BCUT2D eigenvalue weighted by Crippen LogP contribution is 2.18. The minimum absolute atomic E-state index is 0.00739. The zero-order chi connectivity index (χ0) is 18.4. The van der Waals surface area contributed by atoms with Crippen molar-refractivity contribution < 1.29 is 18.0 Å². The van der Waals surface area contributed by atoms with E-state index in [1.165, 1.54) is 11.8 Å². The molecule has 1 aromatic rings. The van der Waals surface area contributed by atoms with Gasteiger partial charge in [0.2, 0.25) is 11.8 Å². The lowest BCUT2D eigenvalue weighted by atomic mass is 10.1. The SMILES string of the molecule is CCN(C(=O)CN(CCc1ccccc1)C(C)=O)C1CCS(=O)(=O)C1. The maximum Gasteiger partial charge on any atom is 0.242 e. The monoisotopic (exact) mass is 366 g/mol. The molecular weight excluding hydrogens is 340 g/mol. The fourth-order valence-electron chi connectivity index (χ4n) is 3.17. The van der Waals surface area contributed by atoms with Crippen molar-refractivity contribution in [1.29, 1.82) is 0 Å². The summed E-state index contributed by atoms with van der Waals surface area (Å²) in [5, 5.41) is 0. The predicted molar refractivity (Wildman–Crippen MR) is 96.8 cm³/mol. The zero-order valence-electron chi connectivity index (χ0n) is 14.8. The molecule has 1 aromatic carbocycles. The summed E-state index contributed by atoms with van der Waals surface area (Å²) >= 11 is 0. The lowest BCUT2D eigenvalue weighted by molar-refractivity contribution is -0.140. The van der Waals surface area contributed by atoms with E-state index in [9.17, 15) is 18.0 Å². The second-order valence-corrected chi connectivity index (χ2v) is 8.64. The Kier molecular flexibility index (Phi) is 6.58. The molecule has 0 aliphatic carbocycles. The van der Waals surface area contributed by atoms with Crippen LogP contribution >= 0.6 is 0 Å². The summed E-state index contributed by atoms with van der Waals surface area (Å²) in [6.07, 6.45) is 1.16. The molecule has 1 saturated heterocycles. The average Bonchev–Trinajstić information content (AvgIpc) is 2.92. The summed E-state index contributed by atoms with van der Waals surface area (Å²) in [5.41, 5.74) is 1.11. The fraction of sp³-hybridized carbons (Fsp3) is 0.556. The smallest absolute Gasteiger partial charge is 0.242 e. The Morgan fingerprint density at radius 2 is 1.88 bits per heavy atom. The molecule has 0 spiro atoms. The van der Waals surface area contributed by atoms with E-state index in [-0.39, 0.29) is 35.9 Å². The molecule has 1 aliphatic rings. The summed E-state index contributed by atoms with van der Waals surface area (Å²) < 4.78 is 23.3. The maximum atomic E-state index is 12.6. The van der Waals surface area contributed by atoms with Gasteiger partial charge in [-0.15, -0.1) is 0 Å². The molecule has 0 N–H and O–H groups in total. The van der Waals surface area contributed by atoms with Crippen molar-refractivity contribution in [1.82, 2.24) is 9.80 Å². The van der Waals surface area contributed by atoms with Gasteiger partial charge in [-0.05, 0) is 25.3 Å². The van der Waals surface area contributed by atoms with Crippen molar-refractivity contribution >= 4 is 21.7 Å². The van der Waals surface area contributed by atoms with E-state index >= 15 is 0 Å². The minimum Gasteiger partial charge on any atom is -0.337 e. The highest BCUT2D eigenvalue weighted by molar-refractivity contribution is 7.91. The predicted octanol–water partition coefficient (Wildman–Crippen LogP) is 1.11. The van der Waals surface area contributed by atoms with E-state index in [0.717, 1.165) is 5.56 Å². The van der Waals surface area contributed by atoms with E-state index < -0.39 is 9.84 Å². The van der Waals surface area contributed by atoms with Crippen molar-refractivity contribution in [3.63, 3.8) is 0 Å². The van der Waals surface area contributed by atoms with Crippen LogP contribution in [0.1, 0.15) is 25.8 Å². The first-order chi connectivity index (χ1) is 11.8. The summed E-state index contributed by atoms with van der Waals surface area (Å²) in [4.78, 5) is 27.7. The molecule has 0 bridgehead atoms. The van der Waals surface area contributed by atoms with Crippen molar-refractivity contribution in [2.45, 2.75) is 32.7 Å². The van der Waals surface area contributed by atoms with Crippen molar-refractivity contribution in [2.24, 2.45) is 0 Å². The van der Waals surface area contributed by atoms with Crippen LogP contribution in [0.2, 0.25) is 0 Å². The topological polar surface area (TPSA) is 74.8 Å². The average molecular weight is 366 g/mol. The molecule has 0 radical (unpaired) electrons. The second-order valence-electron chi connectivity index (χ2n) is 6.41. The Labute approximate surface area is 149 Å². The van der Waals surface area contributed by atoms with Crippen LogP contribution in [0.25, 0.3) is 0 Å². The van der Waals surface area contributed by atoms with E-state index in [0.29, 0.717) is 25.9 Å². The first kappa shape index (κ1) is 19.4. The van der Waals surface area contributed by atoms with Crippen LogP contribution in [-0.2, 0) is 25.8 Å². The van der Waals surface area contributed by atoms with Gasteiger partial charge in [-0.2, -0.15) is 0 Å². The lowest BCUT2D eigenvalue weighted by Gasteiger charge is -2.30. The normalized spacial score (nSPS) is 18.7. The van der Waals surface area contributed by atoms with E-state index in [1.807, 2.05) is 37.3 Å². The molecule has 2 amide bonds. The molecule has 1 heterocycles. The van der Waals surface area contributed by atoms with Gasteiger partial charge in [-0.3, -0.25) is 9.59 Å². The van der Waals surface area contributed by atoms with Gasteiger partial charge in [0.25, 0.3) is 0 Å². The Balaban J connectivity index is 1.97. The van der Waals surface area contributed by atoms with Crippen LogP contribution < -0.4 is 0 Å². The third-order valence-electron chi connectivity index (χ3n) is 4.59. The van der Waals surface area contributed by atoms with Gasteiger partial charge < -0.3 is 9.80 Å². The van der Waals surface area contributed by atoms with Crippen LogP contribution in [0.4, 0.5) is 0 Å². The molecule has 6 nitrogen and oxygen atoms in total. The van der Waals surface area contributed by atoms with Crippen LogP contribution in [0, 0.1) is 0 Å². The largest absolute Gasteiger partial charge is 0.337 e. The molecule has 0 saturated carbocycles. The van der Waals surface area contributed by atoms with Crippen LogP contribution in [0.5, 0.6) is 0 Å². The third-order valence-corrected chi connectivity index (χ3v) is 6.35. The third kappa shape index (κ3) is 5.56. The number of nitrogens with zero attached hydrogens (tertiary/aromatic N) is 2. The maximum absolute atomic E-state index is 12.6. The number of likely N-dealkylation sites (N-methyl/N-ethyl adjacent to an activating group) is 1. The molecule has 2 rings (SSSR count). The van der Waals surface area contributed by atoms with Gasteiger partial charge in [0.05, 0.1) is 18.1 Å². The molecule has 1 aliphatic heterocycles. The van der Waals surface area contributed by atoms with Crippen molar-refractivity contribution in [2.75, 3.05) is 31.1 Å². The van der Waals surface area contributed by atoms with Gasteiger partial charge in [0.15, 0.2) is 9.84 Å². The molecule has 0 aromatic heterocycles. The Bertz CT molecular complexity index is 703. The Morgan fingerprint density at radius 3 is 2.40 bits per heavy atom. The number of hydrogen-bond donors (Lipinski definition) is 0. The minimum atomic E-state index is -3.05. The summed E-state index contributed by atoms with van der Waals surface area (Å²) in [5.74, 6) is -0.185. The summed E-state index contributed by atoms with van der Waals surface area (Å²) in [6.45, 7) is 4.20. The van der Waals surface area contributed by atoms with E-state index in [1.54, 1.807) is 4.90 Å².